The number of hydrogen-bond donors (Lipinski definition) is 2. The topological polar surface area (TPSA) is 58.9 Å². The number of halogens is 8. The largest absolute Gasteiger partial charge is 0.365 e. The molecule has 0 heterocycles. The van der Waals surface area contributed by atoms with Crippen molar-refractivity contribution in [2.45, 2.75) is 20.2 Å². The molecule has 0 aromatic carbocycles. The summed E-state index contributed by atoms with van der Waals surface area (Å²) in [5, 5.41) is 18.7. The fourth-order valence-corrected chi connectivity index (χ4v) is 1.70. The van der Waals surface area contributed by atoms with Crippen LogP contribution in [0, 0.1) is 0 Å². The van der Waals surface area contributed by atoms with Crippen molar-refractivity contribution in [1.29, 1.82) is 0 Å². The zero-order valence-corrected chi connectivity index (χ0v) is 18.2. The van der Waals surface area contributed by atoms with Gasteiger partial charge in [-0.2, -0.15) is 0 Å². The summed E-state index contributed by atoms with van der Waals surface area (Å²) >= 11 is 36.5. The lowest BCUT2D eigenvalue weighted by Crippen LogP contribution is -2.29. The number of rotatable bonds is 6. The van der Waals surface area contributed by atoms with Crippen LogP contribution in [0.3, 0.4) is 0 Å². The van der Waals surface area contributed by atoms with Crippen LogP contribution in [0.15, 0.2) is 7.16 Å². The molecular formula is C8H8Cl6I2O4. The van der Waals surface area contributed by atoms with Crippen molar-refractivity contribution in [1.82, 2.24) is 0 Å². The molecule has 0 aromatic heterocycles. The van der Waals surface area contributed by atoms with Crippen LogP contribution in [0.5, 0.6) is 0 Å². The van der Waals surface area contributed by atoms with Gasteiger partial charge in [0.25, 0.3) is 0 Å². The summed E-state index contributed by atoms with van der Waals surface area (Å²) in [5.41, 5.74) is 0. The van der Waals surface area contributed by atoms with Crippen molar-refractivity contribution in [3.63, 3.8) is 0 Å². The van der Waals surface area contributed by atoms with Crippen molar-refractivity contribution in [3.8, 4) is 0 Å². The van der Waals surface area contributed by atoms with Gasteiger partial charge in [-0.3, -0.25) is 0 Å². The molecule has 12 heteroatoms. The highest BCUT2D eigenvalue weighted by Gasteiger charge is 2.33. The normalized spacial score (nSPS) is 17.7. The molecule has 20 heavy (non-hydrogen) atoms. The Kier molecular flexibility index (Phi) is 11.3. The molecule has 0 saturated carbocycles. The van der Waals surface area contributed by atoms with Crippen LogP contribution in [0.25, 0.3) is 0 Å². The highest BCUT2D eigenvalue weighted by Crippen LogP contribution is 2.33. The third-order valence-electron chi connectivity index (χ3n) is 1.59. The highest BCUT2D eigenvalue weighted by atomic mass is 127. The van der Waals surface area contributed by atoms with E-state index < -0.39 is 20.2 Å². The van der Waals surface area contributed by atoms with Gasteiger partial charge in [0.1, 0.15) is 0 Å². The van der Waals surface area contributed by atoms with Gasteiger partial charge in [-0.15, -0.1) is 0 Å². The van der Waals surface area contributed by atoms with Crippen LogP contribution in [0.2, 0.25) is 0 Å². The van der Waals surface area contributed by atoms with Gasteiger partial charge in [0.2, 0.25) is 20.2 Å². The van der Waals surface area contributed by atoms with E-state index in [2.05, 4.69) is 0 Å². The molecule has 0 fully saturated rings. The summed E-state index contributed by atoms with van der Waals surface area (Å²) in [4.78, 5) is 0. The van der Waals surface area contributed by atoms with Crippen LogP contribution in [-0.4, -0.2) is 43.6 Å². The second-order valence-electron chi connectivity index (χ2n) is 3.22. The van der Waals surface area contributed by atoms with E-state index in [9.17, 15) is 10.2 Å². The fraction of sp³-hybridized carbons (Fsp3) is 0.750. The van der Waals surface area contributed by atoms with Crippen LogP contribution in [0.4, 0.5) is 0 Å². The SMILES string of the molecule is O[C@H](OC/C(I)=C(\I)CO[C@H](O)C(Cl)(Cl)Cl)C(Cl)(Cl)Cl. The Balaban J connectivity index is 4.33. The first-order valence-electron chi connectivity index (χ1n) is 4.61. The Labute approximate surface area is 173 Å². The molecule has 0 spiro atoms. The Morgan fingerprint density at radius 3 is 1.25 bits per heavy atom. The molecule has 0 aliphatic carbocycles. The third-order valence-corrected chi connectivity index (χ3v) is 5.67. The highest BCUT2D eigenvalue weighted by molar-refractivity contribution is 14.1. The van der Waals surface area contributed by atoms with Gasteiger partial charge >= 0.3 is 0 Å². The van der Waals surface area contributed by atoms with E-state index in [0.29, 0.717) is 7.16 Å². The molecule has 0 unspecified atom stereocenters. The van der Waals surface area contributed by atoms with Crippen molar-refractivity contribution < 1.29 is 19.7 Å². The quantitative estimate of drug-likeness (QED) is 0.257. The Hall–Kier alpha value is 2.78. The standard InChI is InChI=1S/C8H8Cl6I2O4/c9-7(10,11)5(17)19-1-3(15)4(16)2-20-6(18)8(12,13)14/h5-6,17-18H,1-2H2/b4-3+/t5-,6+. The average Bonchev–Trinajstić information content (AvgIpc) is 2.29. The average molecular weight is 635 g/mol. The molecule has 0 bridgehead atoms. The van der Waals surface area contributed by atoms with Crippen molar-refractivity contribution >= 4 is 115 Å². The molecule has 0 rings (SSSR count). The van der Waals surface area contributed by atoms with Gasteiger partial charge in [-0.1, -0.05) is 69.6 Å². The minimum Gasteiger partial charge on any atom is -0.365 e. The molecular weight excluding hydrogens is 627 g/mol. The smallest absolute Gasteiger partial charge is 0.240 e. The number of hydrogen-bond acceptors (Lipinski definition) is 4. The Bertz CT molecular complexity index is 311. The maximum absolute atomic E-state index is 9.37. The van der Waals surface area contributed by atoms with Crippen molar-refractivity contribution in [3.05, 3.63) is 7.16 Å². The van der Waals surface area contributed by atoms with E-state index >= 15 is 0 Å². The van der Waals surface area contributed by atoms with Gasteiger partial charge in [0, 0.05) is 7.16 Å². The first kappa shape index (κ1) is 22.8. The Morgan fingerprint density at radius 2 is 1.05 bits per heavy atom. The lowest BCUT2D eigenvalue weighted by molar-refractivity contribution is -0.0889. The maximum Gasteiger partial charge on any atom is 0.240 e. The van der Waals surface area contributed by atoms with E-state index in [0.717, 1.165) is 0 Å². The second-order valence-corrected chi connectivity index (χ2v) is 10.6. The van der Waals surface area contributed by atoms with E-state index in [-0.39, 0.29) is 13.2 Å². The molecule has 120 valence electrons. The van der Waals surface area contributed by atoms with Crippen molar-refractivity contribution in [2.75, 3.05) is 13.2 Å². The predicted octanol–water partition coefficient (Wildman–Crippen LogP) is 4.48. The van der Waals surface area contributed by atoms with Gasteiger partial charge in [-0.05, 0) is 45.2 Å². The molecule has 4 nitrogen and oxygen atoms in total. The molecule has 0 aliphatic rings. The van der Waals surface area contributed by atoms with E-state index in [1.807, 2.05) is 45.2 Å². The summed E-state index contributed by atoms with van der Waals surface area (Å²) in [6.45, 7) is -0.0255. The van der Waals surface area contributed by atoms with Crippen LogP contribution >= 0.6 is 115 Å². The molecule has 0 radical (unpaired) electrons. The maximum atomic E-state index is 9.37. The first-order chi connectivity index (χ1) is 8.85. The van der Waals surface area contributed by atoms with Crippen molar-refractivity contribution in [2.24, 2.45) is 0 Å². The van der Waals surface area contributed by atoms with Crippen LogP contribution in [0.1, 0.15) is 0 Å². The summed E-state index contributed by atoms with van der Waals surface area (Å²) in [6.07, 6.45) is -3.15. The zero-order chi connectivity index (χ0) is 16.1. The summed E-state index contributed by atoms with van der Waals surface area (Å²) in [7, 11) is 0. The minimum absolute atomic E-state index is 0.0128. The number of aliphatic hydroxyl groups is 2. The first-order valence-corrected chi connectivity index (χ1v) is 9.04. The lowest BCUT2D eigenvalue weighted by atomic mass is 10.5. The van der Waals surface area contributed by atoms with E-state index in [4.69, 9.17) is 79.1 Å². The van der Waals surface area contributed by atoms with E-state index in [1.54, 1.807) is 0 Å². The molecule has 0 amide bonds. The fourth-order valence-electron chi connectivity index (χ4n) is 0.650. The lowest BCUT2D eigenvalue weighted by Gasteiger charge is -2.20. The summed E-state index contributed by atoms with van der Waals surface area (Å²) in [5.74, 6) is 0. The number of aliphatic hydroxyl groups excluding tert-OH is 2. The van der Waals surface area contributed by atoms with Crippen LogP contribution < -0.4 is 0 Å². The van der Waals surface area contributed by atoms with E-state index in [1.165, 1.54) is 0 Å². The number of ether oxygens (including phenoxy) is 2. The molecule has 0 saturated heterocycles. The third kappa shape index (κ3) is 9.82. The van der Waals surface area contributed by atoms with Crippen LogP contribution in [-0.2, 0) is 9.47 Å². The number of alkyl halides is 6. The monoisotopic (exact) mass is 632 g/mol. The zero-order valence-electron chi connectivity index (χ0n) is 9.30. The van der Waals surface area contributed by atoms with Gasteiger partial charge < -0.3 is 19.7 Å². The van der Waals surface area contributed by atoms with Gasteiger partial charge in [0.05, 0.1) is 13.2 Å². The van der Waals surface area contributed by atoms with Gasteiger partial charge in [0.15, 0.2) is 0 Å². The second kappa shape index (κ2) is 9.93. The molecule has 2 atom stereocenters. The summed E-state index contributed by atoms with van der Waals surface area (Å²) in [6, 6.07) is 0. The molecule has 0 aromatic rings. The predicted molar refractivity (Wildman–Crippen MR) is 99.6 cm³/mol. The minimum atomic E-state index is -1.94. The molecule has 2 N–H and O–H groups in total. The summed E-state index contributed by atoms with van der Waals surface area (Å²) < 4.78 is 7.35. The van der Waals surface area contributed by atoms with Gasteiger partial charge in [-0.25, -0.2) is 0 Å². The Morgan fingerprint density at radius 1 is 0.800 bits per heavy atom. The molecule has 0 aliphatic heterocycles.